The minimum Gasteiger partial charge on any atom is -0.393 e. The van der Waals surface area contributed by atoms with Gasteiger partial charge in [0.15, 0.2) is 0 Å². The number of carbonyl (C=O) groups is 1. The Kier molecular flexibility index (Phi) is 7.19. The van der Waals surface area contributed by atoms with Crippen molar-refractivity contribution >= 4 is 11.7 Å². The number of nitrogens with one attached hydrogen (secondary N) is 2. The third kappa shape index (κ3) is 6.60. The number of aliphatic hydroxyl groups excluding tert-OH is 1. The van der Waals surface area contributed by atoms with Crippen LogP contribution < -0.4 is 10.6 Å². The fourth-order valence-corrected chi connectivity index (χ4v) is 1.79. The van der Waals surface area contributed by atoms with Crippen LogP contribution in [0.5, 0.6) is 0 Å². The van der Waals surface area contributed by atoms with Crippen molar-refractivity contribution < 1.29 is 14.6 Å². The van der Waals surface area contributed by atoms with E-state index in [0.717, 1.165) is 16.8 Å². The molecule has 0 heterocycles. The van der Waals surface area contributed by atoms with Gasteiger partial charge in [-0.1, -0.05) is 12.1 Å². The zero-order valence-electron chi connectivity index (χ0n) is 13.3. The van der Waals surface area contributed by atoms with Crippen molar-refractivity contribution in [3.05, 3.63) is 29.3 Å². The van der Waals surface area contributed by atoms with Crippen molar-refractivity contribution in [2.45, 2.75) is 52.9 Å². The summed E-state index contributed by atoms with van der Waals surface area (Å²) >= 11 is 0. The Morgan fingerprint density at radius 1 is 1.33 bits per heavy atom. The molecule has 0 aliphatic carbocycles. The van der Waals surface area contributed by atoms with Crippen molar-refractivity contribution in [1.82, 2.24) is 5.32 Å². The Balaban J connectivity index is 2.58. The summed E-state index contributed by atoms with van der Waals surface area (Å²) in [6, 6.07) is 5.49. The number of amides is 2. The number of urea groups is 1. The number of hydrogen-bond donors (Lipinski definition) is 3. The van der Waals surface area contributed by atoms with E-state index >= 15 is 0 Å². The highest BCUT2D eigenvalue weighted by Gasteiger charge is 2.08. The lowest BCUT2D eigenvalue weighted by Gasteiger charge is -2.14. The van der Waals surface area contributed by atoms with Gasteiger partial charge in [-0.25, -0.2) is 4.79 Å². The van der Waals surface area contributed by atoms with Gasteiger partial charge in [0.05, 0.1) is 18.8 Å². The van der Waals surface area contributed by atoms with Crippen LogP contribution in [0.4, 0.5) is 10.5 Å². The van der Waals surface area contributed by atoms with E-state index < -0.39 is 6.10 Å². The first-order chi connectivity index (χ1) is 9.90. The third-order valence-electron chi connectivity index (χ3n) is 3.11. The van der Waals surface area contributed by atoms with Crippen molar-refractivity contribution in [3.8, 4) is 0 Å². The summed E-state index contributed by atoms with van der Waals surface area (Å²) in [5.41, 5.74) is 2.84. The predicted octanol–water partition coefficient (Wildman–Crippen LogP) is 2.81. The van der Waals surface area contributed by atoms with Crippen LogP contribution >= 0.6 is 0 Å². The fraction of sp³-hybridized carbons (Fsp3) is 0.562. The van der Waals surface area contributed by atoms with Crippen molar-refractivity contribution in [2.75, 3.05) is 11.9 Å². The summed E-state index contributed by atoms with van der Waals surface area (Å²) in [7, 11) is 0. The van der Waals surface area contributed by atoms with E-state index in [4.69, 9.17) is 9.84 Å². The van der Waals surface area contributed by atoms with Gasteiger partial charge in [0.25, 0.3) is 0 Å². The number of anilines is 1. The number of carbonyl (C=O) groups excluding carboxylic acids is 1. The van der Waals surface area contributed by atoms with Gasteiger partial charge in [0, 0.05) is 12.2 Å². The Hall–Kier alpha value is -1.59. The van der Waals surface area contributed by atoms with Crippen LogP contribution in [0.1, 0.15) is 38.3 Å². The monoisotopic (exact) mass is 294 g/mol. The fourth-order valence-electron chi connectivity index (χ4n) is 1.79. The van der Waals surface area contributed by atoms with E-state index in [1.54, 1.807) is 6.92 Å². The van der Waals surface area contributed by atoms with Gasteiger partial charge in [-0.2, -0.15) is 0 Å². The maximum atomic E-state index is 11.8. The van der Waals surface area contributed by atoms with E-state index in [9.17, 15) is 4.79 Å². The van der Waals surface area contributed by atoms with Gasteiger partial charge in [0.2, 0.25) is 0 Å². The Morgan fingerprint density at radius 2 is 2.05 bits per heavy atom. The maximum Gasteiger partial charge on any atom is 0.319 e. The molecule has 0 radical (unpaired) electrons. The zero-order chi connectivity index (χ0) is 15.8. The van der Waals surface area contributed by atoms with Crippen LogP contribution in [-0.2, 0) is 11.3 Å². The molecule has 2 amide bonds. The zero-order valence-corrected chi connectivity index (χ0v) is 13.3. The van der Waals surface area contributed by atoms with E-state index in [1.807, 2.05) is 39.0 Å². The molecule has 118 valence electrons. The lowest BCUT2D eigenvalue weighted by molar-refractivity contribution is 0.0654. The molecular weight excluding hydrogens is 268 g/mol. The summed E-state index contributed by atoms with van der Waals surface area (Å²) in [4.78, 5) is 11.8. The van der Waals surface area contributed by atoms with Crippen LogP contribution in [0, 0.1) is 6.92 Å². The smallest absolute Gasteiger partial charge is 0.319 e. The molecule has 0 aliphatic rings. The van der Waals surface area contributed by atoms with E-state index in [1.165, 1.54) is 0 Å². The van der Waals surface area contributed by atoms with E-state index in [-0.39, 0.29) is 12.1 Å². The van der Waals surface area contributed by atoms with E-state index in [2.05, 4.69) is 10.6 Å². The second kappa shape index (κ2) is 8.64. The van der Waals surface area contributed by atoms with Gasteiger partial charge >= 0.3 is 6.03 Å². The molecule has 0 saturated heterocycles. The largest absolute Gasteiger partial charge is 0.393 e. The molecular formula is C16H26N2O3. The molecule has 5 nitrogen and oxygen atoms in total. The Morgan fingerprint density at radius 3 is 2.67 bits per heavy atom. The molecule has 0 bridgehead atoms. The summed E-state index contributed by atoms with van der Waals surface area (Å²) in [6.07, 6.45) is 0.294. The van der Waals surface area contributed by atoms with Gasteiger partial charge in [0.1, 0.15) is 0 Å². The number of hydrogen-bond acceptors (Lipinski definition) is 3. The minimum absolute atomic E-state index is 0.171. The van der Waals surface area contributed by atoms with Crippen LogP contribution in [0.3, 0.4) is 0 Å². The van der Waals surface area contributed by atoms with Crippen LogP contribution in [0.2, 0.25) is 0 Å². The molecule has 1 aromatic carbocycles. The molecule has 3 N–H and O–H groups in total. The predicted molar refractivity (Wildman–Crippen MR) is 84.4 cm³/mol. The highest BCUT2D eigenvalue weighted by atomic mass is 16.5. The lowest BCUT2D eigenvalue weighted by Crippen LogP contribution is -2.31. The second-order valence-corrected chi connectivity index (χ2v) is 5.47. The Bertz CT molecular complexity index is 459. The number of rotatable bonds is 7. The standard InChI is InChI=1S/C16H26N2O3/c1-11(2)21-10-14-6-5-7-15(13(14)4)18-16(20)17-9-8-12(3)19/h5-7,11-12,19H,8-10H2,1-4H3,(H2,17,18,20). The number of aliphatic hydroxyl groups is 1. The molecule has 1 unspecified atom stereocenters. The second-order valence-electron chi connectivity index (χ2n) is 5.47. The first-order valence-electron chi connectivity index (χ1n) is 7.33. The van der Waals surface area contributed by atoms with Gasteiger partial charge in [-0.05, 0) is 51.3 Å². The van der Waals surface area contributed by atoms with Crippen LogP contribution in [-0.4, -0.2) is 29.9 Å². The van der Waals surface area contributed by atoms with Crippen molar-refractivity contribution in [1.29, 1.82) is 0 Å². The van der Waals surface area contributed by atoms with Crippen LogP contribution in [0.15, 0.2) is 18.2 Å². The maximum absolute atomic E-state index is 11.8. The molecule has 1 atom stereocenters. The molecule has 0 fully saturated rings. The topological polar surface area (TPSA) is 70.6 Å². The molecule has 1 aromatic rings. The molecule has 21 heavy (non-hydrogen) atoms. The summed E-state index contributed by atoms with van der Waals surface area (Å²) in [6.45, 7) is 8.62. The highest BCUT2D eigenvalue weighted by Crippen LogP contribution is 2.20. The third-order valence-corrected chi connectivity index (χ3v) is 3.11. The number of benzene rings is 1. The quantitative estimate of drug-likeness (QED) is 0.724. The highest BCUT2D eigenvalue weighted by molar-refractivity contribution is 5.90. The van der Waals surface area contributed by atoms with Gasteiger partial charge < -0.3 is 20.5 Å². The average Bonchev–Trinajstić information content (AvgIpc) is 2.39. The van der Waals surface area contributed by atoms with Crippen molar-refractivity contribution in [3.63, 3.8) is 0 Å². The lowest BCUT2D eigenvalue weighted by atomic mass is 10.1. The normalized spacial score (nSPS) is 12.3. The molecule has 0 saturated carbocycles. The first kappa shape index (κ1) is 17.5. The molecule has 0 spiro atoms. The van der Waals surface area contributed by atoms with Gasteiger partial charge in [-0.15, -0.1) is 0 Å². The summed E-state index contributed by atoms with van der Waals surface area (Å²) < 4.78 is 5.60. The summed E-state index contributed by atoms with van der Waals surface area (Å²) in [5.74, 6) is 0. The molecule has 1 rings (SSSR count). The summed E-state index contributed by atoms with van der Waals surface area (Å²) in [5, 5.41) is 14.7. The number of ether oxygens (including phenoxy) is 1. The Labute approximate surface area is 126 Å². The molecule has 0 aromatic heterocycles. The molecule has 5 heteroatoms. The van der Waals surface area contributed by atoms with E-state index in [0.29, 0.717) is 19.6 Å². The first-order valence-corrected chi connectivity index (χ1v) is 7.33. The average molecular weight is 294 g/mol. The van der Waals surface area contributed by atoms with Crippen LogP contribution in [0.25, 0.3) is 0 Å². The minimum atomic E-state index is -0.413. The molecule has 0 aliphatic heterocycles. The van der Waals surface area contributed by atoms with Crippen molar-refractivity contribution in [2.24, 2.45) is 0 Å². The SMILES string of the molecule is Cc1c(COC(C)C)cccc1NC(=O)NCCC(C)O. The van der Waals surface area contributed by atoms with Gasteiger partial charge in [-0.3, -0.25) is 0 Å².